The molecule has 0 aliphatic carbocycles. The Kier molecular flexibility index (Phi) is 4.63. The Hall–Kier alpha value is -2.79. The quantitative estimate of drug-likeness (QED) is 0.788. The molecule has 1 fully saturated rings. The lowest BCUT2D eigenvalue weighted by molar-refractivity contribution is 0.0789. The summed E-state index contributed by atoms with van der Waals surface area (Å²) in [7, 11) is 0. The van der Waals surface area contributed by atoms with Crippen LogP contribution in [0, 0.1) is 5.92 Å². The molecule has 5 heteroatoms. The first kappa shape index (κ1) is 16.7. The van der Waals surface area contributed by atoms with Crippen LogP contribution in [0.4, 0.5) is 0 Å². The van der Waals surface area contributed by atoms with Gasteiger partial charge in [-0.15, -0.1) is 0 Å². The molecule has 0 unspecified atom stereocenters. The molecule has 132 valence electrons. The molecule has 2 heterocycles. The van der Waals surface area contributed by atoms with Crippen molar-refractivity contribution in [3.63, 3.8) is 0 Å². The van der Waals surface area contributed by atoms with Gasteiger partial charge in [0.2, 0.25) is 0 Å². The Morgan fingerprint density at radius 2 is 1.92 bits per heavy atom. The van der Waals surface area contributed by atoms with Gasteiger partial charge in [0.05, 0.1) is 17.7 Å². The van der Waals surface area contributed by atoms with Crippen LogP contribution in [0.15, 0.2) is 54.9 Å². The molecular weight excluding hydrogens is 326 g/mol. The van der Waals surface area contributed by atoms with Crippen LogP contribution in [0.25, 0.3) is 11.0 Å². The molecule has 0 bridgehead atoms. The van der Waals surface area contributed by atoms with E-state index in [9.17, 15) is 9.90 Å². The Morgan fingerprint density at radius 1 is 1.12 bits per heavy atom. The molecule has 1 atom stereocenters. The van der Waals surface area contributed by atoms with Crippen molar-refractivity contribution >= 4 is 16.9 Å². The van der Waals surface area contributed by atoms with Gasteiger partial charge in [-0.25, -0.2) is 0 Å². The van der Waals surface area contributed by atoms with E-state index < -0.39 is 0 Å². The summed E-state index contributed by atoms with van der Waals surface area (Å²) in [6.07, 6.45) is 5.18. The van der Waals surface area contributed by atoms with E-state index in [1.807, 2.05) is 41.3 Å². The summed E-state index contributed by atoms with van der Waals surface area (Å²) in [5.74, 6) is 0.469. The zero-order chi connectivity index (χ0) is 17.9. The molecule has 1 N–H and O–H groups in total. The summed E-state index contributed by atoms with van der Waals surface area (Å²) < 4.78 is 0. The van der Waals surface area contributed by atoms with Crippen LogP contribution in [0.1, 0.15) is 27.9 Å². The van der Waals surface area contributed by atoms with E-state index in [1.54, 1.807) is 12.4 Å². The molecule has 1 aliphatic heterocycles. The fraction of sp³-hybridized carbons (Fsp3) is 0.286. The number of para-hydroxylation sites is 1. The van der Waals surface area contributed by atoms with E-state index in [0.717, 1.165) is 37.0 Å². The first-order valence-corrected chi connectivity index (χ1v) is 8.92. The minimum atomic E-state index is 0.0303. The fourth-order valence-corrected chi connectivity index (χ4v) is 3.71. The van der Waals surface area contributed by atoms with Gasteiger partial charge in [-0.05, 0) is 42.0 Å². The Morgan fingerprint density at radius 3 is 2.81 bits per heavy atom. The van der Waals surface area contributed by atoms with Crippen LogP contribution in [0.3, 0.4) is 0 Å². The number of carbonyl (C=O) groups excluding carboxylic acids is 1. The molecule has 26 heavy (non-hydrogen) atoms. The Labute approximate surface area is 152 Å². The lowest BCUT2D eigenvalue weighted by Crippen LogP contribution is -2.29. The normalized spacial score (nSPS) is 17.0. The first-order chi connectivity index (χ1) is 12.7. The number of aliphatic hydroxyl groups is 1. The van der Waals surface area contributed by atoms with Gasteiger partial charge in [0.25, 0.3) is 5.91 Å². The van der Waals surface area contributed by atoms with Crippen LogP contribution in [0.2, 0.25) is 0 Å². The standard InChI is InChI=1S/C21H21N3O2/c25-14-17-4-1-3-15(12-17)11-16-7-10-24(13-16)21(26)18-5-2-6-19-20(18)23-9-8-22-19/h1-6,8-9,12,16,25H,7,10-11,13-14H2/t16-/m0/s1. The van der Waals surface area contributed by atoms with E-state index >= 15 is 0 Å². The lowest BCUT2D eigenvalue weighted by Gasteiger charge is -2.17. The largest absolute Gasteiger partial charge is 0.392 e. The molecule has 4 rings (SSSR count). The summed E-state index contributed by atoms with van der Waals surface area (Å²) >= 11 is 0. The number of benzene rings is 2. The zero-order valence-electron chi connectivity index (χ0n) is 14.5. The van der Waals surface area contributed by atoms with Crippen LogP contribution in [0.5, 0.6) is 0 Å². The number of amides is 1. The number of hydrogen-bond acceptors (Lipinski definition) is 4. The highest BCUT2D eigenvalue weighted by Crippen LogP contribution is 2.24. The predicted octanol–water partition coefficient (Wildman–Crippen LogP) is 2.83. The third-order valence-corrected chi connectivity index (χ3v) is 5.00. The van der Waals surface area contributed by atoms with Crippen molar-refractivity contribution in [2.24, 2.45) is 5.92 Å². The SMILES string of the molecule is O=C(c1cccc2nccnc12)N1CC[C@@H](Cc2cccc(CO)c2)C1. The highest BCUT2D eigenvalue weighted by atomic mass is 16.3. The maximum atomic E-state index is 13.0. The van der Waals surface area contributed by atoms with Crippen LogP contribution < -0.4 is 0 Å². The summed E-state index contributed by atoms with van der Waals surface area (Å²) in [6.45, 7) is 1.57. The Balaban J connectivity index is 1.48. The van der Waals surface area contributed by atoms with E-state index in [1.165, 1.54) is 5.56 Å². The molecular formula is C21H21N3O2. The van der Waals surface area contributed by atoms with Crippen molar-refractivity contribution in [2.75, 3.05) is 13.1 Å². The lowest BCUT2D eigenvalue weighted by atomic mass is 9.97. The molecule has 1 saturated heterocycles. The van der Waals surface area contributed by atoms with E-state index in [4.69, 9.17) is 0 Å². The van der Waals surface area contributed by atoms with Gasteiger partial charge < -0.3 is 10.0 Å². The van der Waals surface area contributed by atoms with Gasteiger partial charge in [0.1, 0.15) is 5.52 Å². The van der Waals surface area contributed by atoms with Crippen molar-refractivity contribution in [1.29, 1.82) is 0 Å². The number of carbonyl (C=O) groups is 1. The molecule has 1 aliphatic rings. The second-order valence-corrected chi connectivity index (χ2v) is 6.82. The molecule has 1 aromatic heterocycles. The minimum absolute atomic E-state index is 0.0303. The topological polar surface area (TPSA) is 66.3 Å². The Bertz CT molecular complexity index is 936. The second kappa shape index (κ2) is 7.22. The molecule has 5 nitrogen and oxygen atoms in total. The maximum Gasteiger partial charge on any atom is 0.256 e. The van der Waals surface area contributed by atoms with Gasteiger partial charge in [0.15, 0.2) is 0 Å². The average molecular weight is 347 g/mol. The third-order valence-electron chi connectivity index (χ3n) is 5.00. The van der Waals surface area contributed by atoms with Crippen molar-refractivity contribution in [2.45, 2.75) is 19.4 Å². The smallest absolute Gasteiger partial charge is 0.256 e. The molecule has 0 saturated carbocycles. The van der Waals surface area contributed by atoms with Crippen LogP contribution in [-0.4, -0.2) is 39.0 Å². The van der Waals surface area contributed by atoms with E-state index in [-0.39, 0.29) is 12.5 Å². The highest BCUT2D eigenvalue weighted by Gasteiger charge is 2.28. The summed E-state index contributed by atoms with van der Waals surface area (Å²) in [5, 5.41) is 9.29. The monoisotopic (exact) mass is 347 g/mol. The maximum absolute atomic E-state index is 13.0. The fourth-order valence-electron chi connectivity index (χ4n) is 3.71. The highest BCUT2D eigenvalue weighted by molar-refractivity contribution is 6.04. The van der Waals surface area contributed by atoms with Crippen LogP contribution in [-0.2, 0) is 13.0 Å². The van der Waals surface area contributed by atoms with Gasteiger partial charge in [0, 0.05) is 25.5 Å². The van der Waals surface area contributed by atoms with Crippen molar-refractivity contribution in [3.8, 4) is 0 Å². The summed E-state index contributed by atoms with van der Waals surface area (Å²) in [4.78, 5) is 23.5. The molecule has 3 aromatic rings. The number of fused-ring (bicyclic) bond motifs is 1. The molecule has 1 amide bonds. The molecule has 2 aromatic carbocycles. The van der Waals surface area contributed by atoms with E-state index in [2.05, 4.69) is 16.0 Å². The zero-order valence-corrected chi connectivity index (χ0v) is 14.5. The summed E-state index contributed by atoms with van der Waals surface area (Å²) in [5.41, 5.74) is 4.18. The third kappa shape index (κ3) is 3.30. The number of rotatable bonds is 4. The van der Waals surface area contributed by atoms with Gasteiger partial charge >= 0.3 is 0 Å². The predicted molar refractivity (Wildman–Crippen MR) is 99.6 cm³/mol. The van der Waals surface area contributed by atoms with Crippen molar-refractivity contribution in [1.82, 2.24) is 14.9 Å². The van der Waals surface area contributed by atoms with Crippen molar-refractivity contribution < 1.29 is 9.90 Å². The van der Waals surface area contributed by atoms with Crippen LogP contribution >= 0.6 is 0 Å². The second-order valence-electron chi connectivity index (χ2n) is 6.82. The minimum Gasteiger partial charge on any atom is -0.392 e. The van der Waals surface area contributed by atoms with E-state index in [0.29, 0.717) is 17.0 Å². The number of nitrogens with zero attached hydrogens (tertiary/aromatic N) is 3. The number of aromatic nitrogens is 2. The molecule has 0 spiro atoms. The van der Waals surface area contributed by atoms with Gasteiger partial charge in [-0.3, -0.25) is 14.8 Å². The van der Waals surface area contributed by atoms with Crippen molar-refractivity contribution in [3.05, 3.63) is 71.5 Å². The van der Waals surface area contributed by atoms with Gasteiger partial charge in [-0.1, -0.05) is 30.3 Å². The number of likely N-dealkylation sites (tertiary alicyclic amines) is 1. The molecule has 0 radical (unpaired) electrons. The first-order valence-electron chi connectivity index (χ1n) is 8.92. The van der Waals surface area contributed by atoms with Gasteiger partial charge in [-0.2, -0.15) is 0 Å². The summed E-state index contributed by atoms with van der Waals surface area (Å²) in [6, 6.07) is 13.6. The number of aliphatic hydroxyl groups excluding tert-OH is 1. The average Bonchev–Trinajstić information content (AvgIpc) is 3.15. The number of hydrogen-bond donors (Lipinski definition) is 1.